The van der Waals surface area contributed by atoms with Gasteiger partial charge in [0.25, 0.3) is 0 Å². The third kappa shape index (κ3) is 5.68. The highest BCUT2D eigenvalue weighted by Crippen LogP contribution is 2.50. The number of aromatic nitrogens is 1. The third-order valence-corrected chi connectivity index (χ3v) is 10.5. The Hall–Kier alpha value is -4.51. The molecule has 0 N–H and O–H groups in total. The van der Waals surface area contributed by atoms with Gasteiger partial charge < -0.3 is 14.0 Å². The fourth-order valence-electron chi connectivity index (χ4n) is 8.24. The standard InChI is InChI=1S/C42H43N2O2/c1-4-24-46-42(38-20-22-43-40-19-17-36(45-3)27-39(38)40)41-26-34-21-23-44(41,28-30(34)5-2)29-35-25-33(31-12-8-6-9-13-31)16-18-37(35)32-14-10-7-11-15-32/h4-20,22,25,27,30,34,41-42H,1-2,21,23-24,26,28-29H2,3H3/q+1/t30?,34?,41-,42+,44?/m1/s1. The van der Waals surface area contributed by atoms with Crippen LogP contribution in [0.4, 0.5) is 0 Å². The molecule has 2 bridgehead atoms. The van der Waals surface area contributed by atoms with E-state index in [1.54, 1.807) is 7.11 Å². The first-order chi connectivity index (χ1) is 22.6. The van der Waals surface area contributed by atoms with E-state index in [4.69, 9.17) is 14.5 Å². The number of piperidine rings is 3. The Balaban J connectivity index is 1.38. The summed E-state index contributed by atoms with van der Waals surface area (Å²) in [5, 5.41) is 1.09. The maximum atomic E-state index is 6.86. The van der Waals surface area contributed by atoms with Gasteiger partial charge in [0.1, 0.15) is 24.4 Å². The molecule has 0 spiro atoms. The fraction of sp³-hybridized carbons (Fsp3) is 0.262. The lowest BCUT2D eigenvalue weighted by Crippen LogP contribution is -2.67. The molecule has 0 saturated carbocycles. The quantitative estimate of drug-likeness (QED) is 0.111. The minimum Gasteiger partial charge on any atom is -0.497 e. The molecule has 3 unspecified atom stereocenters. The smallest absolute Gasteiger partial charge is 0.135 e. The molecule has 4 aromatic carbocycles. The van der Waals surface area contributed by atoms with E-state index in [9.17, 15) is 0 Å². The van der Waals surface area contributed by atoms with Crippen LogP contribution in [-0.4, -0.2) is 42.3 Å². The minimum absolute atomic E-state index is 0.123. The van der Waals surface area contributed by atoms with Gasteiger partial charge in [-0.1, -0.05) is 84.9 Å². The number of ether oxygens (including phenoxy) is 2. The van der Waals surface area contributed by atoms with Crippen LogP contribution in [0.3, 0.4) is 0 Å². The van der Waals surface area contributed by atoms with E-state index in [0.29, 0.717) is 18.4 Å². The largest absolute Gasteiger partial charge is 0.497 e. The molecular formula is C42H43N2O2+. The molecule has 3 fully saturated rings. The molecule has 4 heterocycles. The van der Waals surface area contributed by atoms with Gasteiger partial charge >= 0.3 is 0 Å². The molecule has 5 atom stereocenters. The van der Waals surface area contributed by atoms with Crippen molar-refractivity contribution in [2.75, 3.05) is 26.8 Å². The van der Waals surface area contributed by atoms with E-state index >= 15 is 0 Å². The number of fused-ring (bicyclic) bond motifs is 4. The lowest BCUT2D eigenvalue weighted by molar-refractivity contribution is -0.985. The zero-order chi connectivity index (χ0) is 31.5. The SMILES string of the molecule is C=CCO[C@@H](c1ccnc2ccc(OC)cc12)[C@H]1CC2CC[N+]1(Cc1cc(-c3ccccc3)ccc1-c1ccccc1)CC2C=C. The van der Waals surface area contributed by atoms with E-state index in [2.05, 4.69) is 116 Å². The van der Waals surface area contributed by atoms with Gasteiger partial charge in [0.05, 0.1) is 32.3 Å². The number of benzene rings is 4. The maximum Gasteiger partial charge on any atom is 0.135 e. The first-order valence-electron chi connectivity index (χ1n) is 16.5. The summed E-state index contributed by atoms with van der Waals surface area (Å²) in [6, 6.07) is 37.2. The average molecular weight is 608 g/mol. The monoisotopic (exact) mass is 607 g/mol. The first kappa shape index (κ1) is 30.2. The van der Waals surface area contributed by atoms with Gasteiger partial charge in [-0.15, -0.1) is 13.2 Å². The van der Waals surface area contributed by atoms with Crippen molar-refractivity contribution in [2.45, 2.75) is 31.5 Å². The highest BCUT2D eigenvalue weighted by Gasteiger charge is 2.54. The highest BCUT2D eigenvalue weighted by molar-refractivity contribution is 5.84. The normalized spacial score (nSPS) is 22.8. The molecule has 232 valence electrons. The number of nitrogens with zero attached hydrogens (tertiary/aromatic N) is 2. The van der Waals surface area contributed by atoms with Gasteiger partial charge in [0, 0.05) is 35.9 Å². The molecule has 0 amide bonds. The van der Waals surface area contributed by atoms with Crippen molar-refractivity contribution in [3.05, 3.63) is 146 Å². The zero-order valence-corrected chi connectivity index (χ0v) is 26.7. The first-order valence-corrected chi connectivity index (χ1v) is 16.5. The van der Waals surface area contributed by atoms with E-state index in [1.807, 2.05) is 18.3 Å². The Morgan fingerprint density at radius 3 is 2.41 bits per heavy atom. The second-order valence-corrected chi connectivity index (χ2v) is 13.0. The van der Waals surface area contributed by atoms with Crippen molar-refractivity contribution >= 4 is 10.9 Å². The molecule has 4 nitrogen and oxygen atoms in total. The molecule has 0 aliphatic carbocycles. The van der Waals surface area contributed by atoms with Crippen molar-refractivity contribution in [1.29, 1.82) is 0 Å². The lowest BCUT2D eigenvalue weighted by Gasteiger charge is -2.58. The van der Waals surface area contributed by atoms with Crippen LogP contribution in [0.1, 0.15) is 30.1 Å². The van der Waals surface area contributed by atoms with Gasteiger partial charge in [-0.25, -0.2) is 0 Å². The summed E-state index contributed by atoms with van der Waals surface area (Å²) < 4.78 is 13.5. The lowest BCUT2D eigenvalue weighted by atomic mass is 9.70. The predicted molar refractivity (Wildman–Crippen MR) is 188 cm³/mol. The van der Waals surface area contributed by atoms with E-state index in [0.717, 1.165) is 47.2 Å². The summed E-state index contributed by atoms with van der Waals surface area (Å²) in [5.74, 6) is 1.91. The Bertz CT molecular complexity index is 1840. The van der Waals surface area contributed by atoms with Crippen LogP contribution in [0, 0.1) is 11.8 Å². The number of pyridine rings is 1. The molecule has 5 aromatic rings. The van der Waals surface area contributed by atoms with Gasteiger partial charge in [-0.05, 0) is 64.1 Å². The number of hydrogen-bond acceptors (Lipinski definition) is 3. The maximum absolute atomic E-state index is 6.86. The molecular weight excluding hydrogens is 564 g/mol. The summed E-state index contributed by atoms with van der Waals surface area (Å²) in [7, 11) is 1.72. The zero-order valence-electron chi connectivity index (χ0n) is 26.7. The third-order valence-electron chi connectivity index (χ3n) is 10.5. The summed E-state index contributed by atoms with van der Waals surface area (Å²) >= 11 is 0. The fourth-order valence-corrected chi connectivity index (χ4v) is 8.24. The molecule has 1 aromatic heterocycles. The van der Waals surface area contributed by atoms with Crippen LogP contribution < -0.4 is 4.74 Å². The molecule has 3 aliphatic rings. The minimum atomic E-state index is -0.123. The van der Waals surface area contributed by atoms with Gasteiger partial charge in [0.15, 0.2) is 0 Å². The second kappa shape index (κ2) is 13.1. The van der Waals surface area contributed by atoms with Crippen LogP contribution in [0.25, 0.3) is 33.2 Å². The van der Waals surface area contributed by atoms with Gasteiger partial charge in [0.2, 0.25) is 0 Å². The van der Waals surface area contributed by atoms with Crippen molar-refractivity contribution < 1.29 is 14.0 Å². The number of quaternary nitrogens is 1. The number of methoxy groups -OCH3 is 1. The molecule has 0 radical (unpaired) electrons. The van der Waals surface area contributed by atoms with Gasteiger partial charge in [-0.3, -0.25) is 4.98 Å². The van der Waals surface area contributed by atoms with E-state index in [1.165, 1.54) is 39.8 Å². The Kier molecular flexibility index (Phi) is 8.57. The average Bonchev–Trinajstić information content (AvgIpc) is 3.12. The molecule has 3 aliphatic heterocycles. The van der Waals surface area contributed by atoms with Crippen molar-refractivity contribution in [1.82, 2.24) is 4.98 Å². The van der Waals surface area contributed by atoms with Crippen LogP contribution in [0.5, 0.6) is 5.75 Å². The molecule has 8 rings (SSSR count). The van der Waals surface area contributed by atoms with Crippen molar-refractivity contribution in [3.8, 4) is 28.0 Å². The number of rotatable bonds is 11. The van der Waals surface area contributed by atoms with Crippen molar-refractivity contribution in [3.63, 3.8) is 0 Å². The van der Waals surface area contributed by atoms with Crippen LogP contribution in [0.15, 0.2) is 135 Å². The van der Waals surface area contributed by atoms with E-state index in [-0.39, 0.29) is 12.1 Å². The summed E-state index contributed by atoms with van der Waals surface area (Å²) in [5.41, 5.74) is 8.57. The molecule has 4 heteroatoms. The molecule has 3 saturated heterocycles. The van der Waals surface area contributed by atoms with Gasteiger partial charge in [-0.2, -0.15) is 0 Å². The Morgan fingerprint density at radius 1 is 0.891 bits per heavy atom. The van der Waals surface area contributed by atoms with Crippen LogP contribution >= 0.6 is 0 Å². The predicted octanol–water partition coefficient (Wildman–Crippen LogP) is 9.43. The van der Waals surface area contributed by atoms with Crippen LogP contribution in [0.2, 0.25) is 0 Å². The van der Waals surface area contributed by atoms with Crippen LogP contribution in [-0.2, 0) is 11.3 Å². The summed E-state index contributed by atoms with van der Waals surface area (Å²) in [4.78, 5) is 4.72. The highest BCUT2D eigenvalue weighted by atomic mass is 16.5. The van der Waals surface area contributed by atoms with Crippen molar-refractivity contribution in [2.24, 2.45) is 11.8 Å². The summed E-state index contributed by atoms with van der Waals surface area (Å²) in [6.45, 7) is 11.9. The number of hydrogen-bond donors (Lipinski definition) is 0. The second-order valence-electron chi connectivity index (χ2n) is 13.0. The molecule has 46 heavy (non-hydrogen) atoms. The van der Waals surface area contributed by atoms with E-state index < -0.39 is 0 Å². The topological polar surface area (TPSA) is 31.4 Å². The Morgan fingerprint density at radius 2 is 1.67 bits per heavy atom. The Labute approximate surface area is 273 Å². The summed E-state index contributed by atoms with van der Waals surface area (Å²) in [6.07, 6.45) is 8.19.